The number of amides is 1. The van der Waals surface area contributed by atoms with Crippen LogP contribution < -0.4 is 20.9 Å². The molecule has 0 radical (unpaired) electrons. The zero-order chi connectivity index (χ0) is 17.5. The first kappa shape index (κ1) is 17.8. The van der Waals surface area contributed by atoms with Crippen molar-refractivity contribution in [3.05, 3.63) is 60.2 Å². The number of hydrogen-bond acceptors (Lipinski definition) is 5. The van der Waals surface area contributed by atoms with Crippen molar-refractivity contribution < 1.29 is 9.53 Å². The Bertz CT molecular complexity index is 696. The van der Waals surface area contributed by atoms with E-state index >= 15 is 0 Å². The fraction of sp³-hybridized carbons (Fsp3) is 0.316. The van der Waals surface area contributed by atoms with Crippen LogP contribution in [0.3, 0.4) is 0 Å². The molecule has 6 heteroatoms. The molecule has 0 bridgehead atoms. The van der Waals surface area contributed by atoms with Crippen molar-refractivity contribution in [2.75, 3.05) is 26.0 Å². The van der Waals surface area contributed by atoms with Gasteiger partial charge in [0, 0.05) is 23.9 Å². The van der Waals surface area contributed by atoms with E-state index in [1.54, 1.807) is 7.11 Å². The Balaban J connectivity index is 1.47. The van der Waals surface area contributed by atoms with Crippen molar-refractivity contribution in [3.63, 3.8) is 0 Å². The lowest BCUT2D eigenvalue weighted by molar-refractivity contribution is -0.118. The largest absolute Gasteiger partial charge is 0.497 e. The van der Waals surface area contributed by atoms with Gasteiger partial charge in [0.15, 0.2) is 0 Å². The number of nitrogens with one attached hydrogen (secondary N) is 3. The molecular formula is C19H23N3O2S. The molecule has 1 aliphatic heterocycles. The number of methoxy groups -OCH3 is 1. The van der Waals surface area contributed by atoms with Crippen LogP contribution in [0.25, 0.3) is 0 Å². The Morgan fingerprint density at radius 1 is 1.24 bits per heavy atom. The maximum atomic E-state index is 12.2. The highest BCUT2D eigenvalue weighted by molar-refractivity contribution is 8.00. The van der Waals surface area contributed by atoms with E-state index in [1.807, 2.05) is 42.5 Å². The topological polar surface area (TPSA) is 62.4 Å². The van der Waals surface area contributed by atoms with Gasteiger partial charge in [-0.1, -0.05) is 36.4 Å². The van der Waals surface area contributed by atoms with Crippen LogP contribution in [0.2, 0.25) is 0 Å². The molecule has 0 aromatic heterocycles. The van der Waals surface area contributed by atoms with Gasteiger partial charge in [-0.25, -0.2) is 5.43 Å². The van der Waals surface area contributed by atoms with Crippen LogP contribution in [0.4, 0.5) is 0 Å². The van der Waals surface area contributed by atoms with Crippen LogP contribution in [-0.4, -0.2) is 31.9 Å². The highest BCUT2D eigenvalue weighted by atomic mass is 32.2. The predicted molar refractivity (Wildman–Crippen MR) is 101 cm³/mol. The molecule has 1 saturated heterocycles. The van der Waals surface area contributed by atoms with E-state index in [0.717, 1.165) is 17.2 Å². The Labute approximate surface area is 152 Å². The standard InChI is InChI=1S/C19H23N3O2S/c1-24-16-8-5-9-17(10-16)25-13-18(23)20-11-15-12-21-22-19(15)14-6-3-2-4-7-14/h2-10,15,19,21-22H,11-13H2,1H3,(H,20,23). The highest BCUT2D eigenvalue weighted by Crippen LogP contribution is 2.25. The number of ether oxygens (including phenoxy) is 1. The summed E-state index contributed by atoms with van der Waals surface area (Å²) >= 11 is 1.51. The Morgan fingerprint density at radius 3 is 2.88 bits per heavy atom. The second-order valence-corrected chi connectivity index (χ2v) is 6.99. The number of benzene rings is 2. The lowest BCUT2D eigenvalue weighted by Crippen LogP contribution is -2.33. The minimum absolute atomic E-state index is 0.0477. The Morgan fingerprint density at radius 2 is 2.08 bits per heavy atom. The summed E-state index contributed by atoms with van der Waals surface area (Å²) in [5.74, 6) is 1.58. The van der Waals surface area contributed by atoms with Gasteiger partial charge in [0.1, 0.15) is 5.75 Å². The molecule has 3 rings (SSSR count). The van der Waals surface area contributed by atoms with Gasteiger partial charge in [-0.15, -0.1) is 11.8 Å². The van der Waals surface area contributed by atoms with Crippen molar-refractivity contribution in [3.8, 4) is 5.75 Å². The smallest absolute Gasteiger partial charge is 0.230 e. The molecule has 2 aromatic rings. The van der Waals surface area contributed by atoms with E-state index in [1.165, 1.54) is 17.3 Å². The first-order valence-electron chi connectivity index (χ1n) is 8.33. The molecule has 2 atom stereocenters. The average Bonchev–Trinajstić information content (AvgIpc) is 3.14. The molecule has 1 aliphatic rings. The molecule has 5 nitrogen and oxygen atoms in total. The minimum Gasteiger partial charge on any atom is -0.497 e. The second kappa shape index (κ2) is 8.89. The number of hydrazine groups is 1. The van der Waals surface area contributed by atoms with Crippen LogP contribution in [0.5, 0.6) is 5.75 Å². The van der Waals surface area contributed by atoms with Crippen molar-refractivity contribution in [2.45, 2.75) is 10.9 Å². The monoisotopic (exact) mass is 357 g/mol. The molecular weight excluding hydrogens is 334 g/mol. The molecule has 3 N–H and O–H groups in total. The first-order chi connectivity index (χ1) is 12.3. The van der Waals surface area contributed by atoms with Crippen LogP contribution in [0.1, 0.15) is 11.6 Å². The van der Waals surface area contributed by atoms with E-state index in [9.17, 15) is 4.79 Å². The number of hydrogen-bond donors (Lipinski definition) is 3. The molecule has 25 heavy (non-hydrogen) atoms. The first-order valence-corrected chi connectivity index (χ1v) is 9.31. The summed E-state index contributed by atoms with van der Waals surface area (Å²) in [6, 6.07) is 18.3. The molecule has 1 amide bonds. The normalized spacial score (nSPS) is 19.6. The molecule has 2 unspecified atom stereocenters. The number of carbonyl (C=O) groups is 1. The molecule has 0 saturated carbocycles. The van der Waals surface area contributed by atoms with Gasteiger partial charge in [0.25, 0.3) is 0 Å². The van der Waals surface area contributed by atoms with Gasteiger partial charge in [-0.2, -0.15) is 0 Å². The summed E-state index contributed by atoms with van der Waals surface area (Å²) in [4.78, 5) is 13.2. The number of rotatable bonds is 7. The average molecular weight is 357 g/mol. The van der Waals surface area contributed by atoms with Gasteiger partial charge in [-0.05, 0) is 23.8 Å². The summed E-state index contributed by atoms with van der Waals surface area (Å²) in [7, 11) is 1.64. The number of thioether (sulfide) groups is 1. The van der Waals surface area contributed by atoms with Gasteiger partial charge < -0.3 is 10.1 Å². The zero-order valence-electron chi connectivity index (χ0n) is 14.2. The van der Waals surface area contributed by atoms with E-state index in [2.05, 4.69) is 28.3 Å². The van der Waals surface area contributed by atoms with E-state index in [4.69, 9.17) is 4.74 Å². The maximum absolute atomic E-state index is 12.2. The van der Waals surface area contributed by atoms with Gasteiger partial charge >= 0.3 is 0 Å². The summed E-state index contributed by atoms with van der Waals surface area (Å²) < 4.78 is 5.20. The summed E-state index contributed by atoms with van der Waals surface area (Å²) in [5, 5.41) is 3.05. The molecule has 132 valence electrons. The fourth-order valence-electron chi connectivity index (χ4n) is 2.88. The summed E-state index contributed by atoms with van der Waals surface area (Å²) in [6.45, 7) is 1.49. The molecule has 0 aliphatic carbocycles. The molecule has 0 spiro atoms. The van der Waals surface area contributed by atoms with Gasteiger partial charge in [0.2, 0.25) is 5.91 Å². The van der Waals surface area contributed by atoms with Crippen LogP contribution in [0.15, 0.2) is 59.5 Å². The highest BCUT2D eigenvalue weighted by Gasteiger charge is 2.28. The Hall–Kier alpha value is -2.02. The van der Waals surface area contributed by atoms with Crippen LogP contribution >= 0.6 is 11.8 Å². The van der Waals surface area contributed by atoms with Crippen LogP contribution in [0, 0.1) is 5.92 Å². The van der Waals surface area contributed by atoms with Gasteiger partial charge in [-0.3, -0.25) is 10.2 Å². The van der Waals surface area contributed by atoms with Crippen molar-refractivity contribution in [1.82, 2.24) is 16.2 Å². The maximum Gasteiger partial charge on any atom is 0.230 e. The SMILES string of the molecule is COc1cccc(SCC(=O)NCC2CNNC2c2ccccc2)c1. The lowest BCUT2D eigenvalue weighted by Gasteiger charge is -2.19. The molecule has 1 fully saturated rings. The van der Waals surface area contributed by atoms with E-state index in [0.29, 0.717) is 18.2 Å². The quantitative estimate of drug-likeness (QED) is 0.664. The van der Waals surface area contributed by atoms with Gasteiger partial charge in [0.05, 0.1) is 18.9 Å². The van der Waals surface area contributed by atoms with Crippen molar-refractivity contribution >= 4 is 17.7 Å². The minimum atomic E-state index is 0.0477. The van der Waals surface area contributed by atoms with Crippen molar-refractivity contribution in [2.24, 2.45) is 5.92 Å². The lowest BCUT2D eigenvalue weighted by atomic mass is 9.95. The Kier molecular flexibility index (Phi) is 6.33. The third kappa shape index (κ3) is 4.98. The number of carbonyl (C=O) groups excluding carboxylic acids is 1. The second-order valence-electron chi connectivity index (χ2n) is 5.95. The zero-order valence-corrected chi connectivity index (χ0v) is 15.0. The fourth-order valence-corrected chi connectivity index (χ4v) is 3.65. The molecule has 2 aromatic carbocycles. The van der Waals surface area contributed by atoms with Crippen molar-refractivity contribution in [1.29, 1.82) is 0 Å². The van der Waals surface area contributed by atoms with E-state index < -0.39 is 0 Å². The third-order valence-corrected chi connectivity index (χ3v) is 5.22. The predicted octanol–water partition coefficient (Wildman–Crippen LogP) is 2.37. The summed E-state index contributed by atoms with van der Waals surface area (Å²) in [6.07, 6.45) is 0. The van der Waals surface area contributed by atoms with Crippen LogP contribution in [-0.2, 0) is 4.79 Å². The molecule has 1 heterocycles. The summed E-state index contributed by atoms with van der Waals surface area (Å²) in [5.41, 5.74) is 7.73. The van der Waals surface area contributed by atoms with E-state index in [-0.39, 0.29) is 11.9 Å². The third-order valence-electron chi connectivity index (χ3n) is 4.22.